The van der Waals surface area contributed by atoms with E-state index in [1.165, 1.54) is 33.6 Å². The Hall–Kier alpha value is -3.18. The summed E-state index contributed by atoms with van der Waals surface area (Å²) in [5.41, 5.74) is 0. The highest BCUT2D eigenvalue weighted by Crippen LogP contribution is 2.38. The first-order valence-corrected chi connectivity index (χ1v) is 25.5. The molecule has 0 aliphatic carbocycles. The van der Waals surface area contributed by atoms with E-state index in [9.17, 15) is 4.79 Å². The fourth-order valence-corrected chi connectivity index (χ4v) is 17.5. The summed E-state index contributed by atoms with van der Waals surface area (Å²) in [5.74, 6) is 0. The second-order valence-electron chi connectivity index (χ2n) is 17.6. The first-order valence-electron chi connectivity index (χ1n) is 21.7. The van der Waals surface area contributed by atoms with Gasteiger partial charge in [0.1, 0.15) is 6.29 Å². The minimum Gasteiger partial charge on any atom is -0.407 e. The molecule has 0 saturated heterocycles. The van der Waals surface area contributed by atoms with Crippen LogP contribution < -0.4 is 20.7 Å². The van der Waals surface area contributed by atoms with Crippen molar-refractivity contribution in [1.29, 1.82) is 0 Å². The van der Waals surface area contributed by atoms with Crippen LogP contribution in [0.1, 0.15) is 112 Å². The van der Waals surface area contributed by atoms with Crippen molar-refractivity contribution in [2.24, 2.45) is 0 Å². The van der Waals surface area contributed by atoms with Gasteiger partial charge >= 0.3 is 0 Å². The number of hydrogen-bond donors (Lipinski definition) is 0. The van der Waals surface area contributed by atoms with Crippen LogP contribution in [0.25, 0.3) is 0 Å². The predicted molar refractivity (Wildman–Crippen MR) is 245 cm³/mol. The molecule has 0 amide bonds. The van der Waals surface area contributed by atoms with E-state index in [1.807, 2.05) is 0 Å². The molecule has 0 fully saturated rings. The standard InChI is InChI=1S/C50H72O5Si2/c1-49(2,3)56(45-30-18-14-19-31-45,46-32-20-15-21-33-46)54-41-29-13-12-28-40-53-43-44(42-52-39-27-11-9-7-8-10-26-38-51)55-57(50(4,5)6,47-34-22-16-23-35-47)48-36-24-17-25-37-48/h14-25,30-38,44H,7-13,26-29,39-43H2,1-6H3. The highest BCUT2D eigenvalue weighted by Gasteiger charge is 2.52. The Labute approximate surface area is 348 Å². The first kappa shape index (κ1) is 46.5. The second kappa shape index (κ2) is 24.0. The van der Waals surface area contributed by atoms with Crippen LogP contribution in [0.2, 0.25) is 10.1 Å². The Kier molecular flexibility index (Phi) is 19.6. The molecule has 0 aliphatic rings. The number of carbonyl (C=O) groups is 1. The monoisotopic (exact) mass is 808 g/mol. The number of aldehydes is 1. The smallest absolute Gasteiger partial charge is 0.261 e. The number of rotatable bonds is 27. The molecule has 1 unspecified atom stereocenters. The largest absolute Gasteiger partial charge is 0.407 e. The molecule has 1 atom stereocenters. The molecule has 0 N–H and O–H groups in total. The summed E-state index contributed by atoms with van der Waals surface area (Å²) in [6, 6.07) is 43.5. The topological polar surface area (TPSA) is 54.0 Å². The Bertz CT molecular complexity index is 1560. The second-order valence-corrected chi connectivity index (χ2v) is 26.1. The van der Waals surface area contributed by atoms with E-state index in [2.05, 4.69) is 163 Å². The lowest BCUT2D eigenvalue weighted by Crippen LogP contribution is -2.68. The van der Waals surface area contributed by atoms with Crippen molar-refractivity contribution in [2.45, 2.75) is 128 Å². The lowest BCUT2D eigenvalue weighted by atomic mass is 10.1. The highest BCUT2D eigenvalue weighted by atomic mass is 28.4. The van der Waals surface area contributed by atoms with Gasteiger partial charge in [-0.05, 0) is 56.5 Å². The van der Waals surface area contributed by atoms with Crippen molar-refractivity contribution in [3.63, 3.8) is 0 Å². The number of ether oxygens (including phenoxy) is 2. The molecule has 0 heterocycles. The van der Waals surface area contributed by atoms with Crippen molar-refractivity contribution < 1.29 is 23.1 Å². The van der Waals surface area contributed by atoms with Crippen LogP contribution in [-0.2, 0) is 23.1 Å². The van der Waals surface area contributed by atoms with Gasteiger partial charge < -0.3 is 23.1 Å². The van der Waals surface area contributed by atoms with Crippen LogP contribution in [0.15, 0.2) is 121 Å². The molecular formula is C50H72O5Si2. The zero-order chi connectivity index (χ0) is 40.9. The third kappa shape index (κ3) is 13.4. The average molecular weight is 809 g/mol. The van der Waals surface area contributed by atoms with Gasteiger partial charge in [0.15, 0.2) is 0 Å². The number of carbonyl (C=O) groups excluding carboxylic acids is 1. The van der Waals surface area contributed by atoms with Crippen LogP contribution >= 0.6 is 0 Å². The molecule has 0 bridgehead atoms. The molecule has 5 nitrogen and oxygen atoms in total. The van der Waals surface area contributed by atoms with Crippen molar-refractivity contribution in [3.05, 3.63) is 121 Å². The average Bonchev–Trinajstić information content (AvgIpc) is 3.21. The summed E-state index contributed by atoms with van der Waals surface area (Å²) in [7, 11) is -5.28. The maximum Gasteiger partial charge on any atom is 0.261 e. The van der Waals surface area contributed by atoms with Gasteiger partial charge in [0.25, 0.3) is 16.6 Å². The van der Waals surface area contributed by atoms with Crippen molar-refractivity contribution in [2.75, 3.05) is 33.0 Å². The van der Waals surface area contributed by atoms with E-state index in [0.29, 0.717) is 32.8 Å². The summed E-state index contributed by atoms with van der Waals surface area (Å²) in [6.07, 6.45) is 12.4. The lowest BCUT2D eigenvalue weighted by Gasteiger charge is -2.45. The predicted octanol–water partition coefficient (Wildman–Crippen LogP) is 10.0. The maximum atomic E-state index is 10.6. The molecule has 0 aromatic heterocycles. The minimum absolute atomic E-state index is 0.0154. The van der Waals surface area contributed by atoms with Crippen molar-refractivity contribution in [3.8, 4) is 0 Å². The molecule has 0 aliphatic heterocycles. The van der Waals surface area contributed by atoms with Gasteiger partial charge in [-0.15, -0.1) is 0 Å². The highest BCUT2D eigenvalue weighted by molar-refractivity contribution is 7.00. The third-order valence-corrected chi connectivity index (χ3v) is 21.3. The SMILES string of the molecule is CC(C)(C)[Si](OCCCCCCOCC(COCCCCCCCCC=O)O[Si](c1ccccc1)(c1ccccc1)C(C)(C)C)(c1ccccc1)c1ccccc1. The summed E-state index contributed by atoms with van der Waals surface area (Å²) in [5, 5.41) is 5.05. The van der Waals surface area contributed by atoms with Crippen LogP contribution in [-0.4, -0.2) is 62.1 Å². The molecule has 0 saturated carbocycles. The summed E-state index contributed by atoms with van der Waals surface area (Å²) < 4.78 is 27.5. The van der Waals surface area contributed by atoms with Crippen LogP contribution in [0.5, 0.6) is 0 Å². The fourth-order valence-electron chi connectivity index (χ4n) is 8.27. The lowest BCUT2D eigenvalue weighted by molar-refractivity contribution is -0.107. The van der Waals surface area contributed by atoms with Gasteiger partial charge in [0.2, 0.25) is 0 Å². The van der Waals surface area contributed by atoms with E-state index < -0.39 is 16.6 Å². The van der Waals surface area contributed by atoms with E-state index >= 15 is 0 Å². The molecule has 310 valence electrons. The van der Waals surface area contributed by atoms with Gasteiger partial charge in [-0.2, -0.15) is 0 Å². The zero-order valence-electron chi connectivity index (χ0n) is 36.1. The number of benzene rings is 4. The number of hydrogen-bond acceptors (Lipinski definition) is 5. The Morgan fingerprint density at radius 2 is 0.789 bits per heavy atom. The molecule has 4 rings (SSSR count). The van der Waals surface area contributed by atoms with Gasteiger partial charge in [0.05, 0.1) is 19.3 Å². The maximum absolute atomic E-state index is 10.6. The zero-order valence-corrected chi connectivity index (χ0v) is 38.1. The van der Waals surface area contributed by atoms with Crippen LogP contribution in [0, 0.1) is 0 Å². The fraction of sp³-hybridized carbons (Fsp3) is 0.500. The van der Waals surface area contributed by atoms with E-state index in [4.69, 9.17) is 18.3 Å². The first-order chi connectivity index (χ1) is 27.6. The van der Waals surface area contributed by atoms with Gasteiger partial charge in [-0.25, -0.2) is 0 Å². The Morgan fingerprint density at radius 3 is 1.16 bits per heavy atom. The minimum atomic E-state index is -2.77. The van der Waals surface area contributed by atoms with E-state index in [1.54, 1.807) is 0 Å². The molecule has 4 aromatic rings. The van der Waals surface area contributed by atoms with Crippen LogP contribution in [0.4, 0.5) is 0 Å². The summed E-state index contributed by atoms with van der Waals surface area (Å²) in [6.45, 7) is 17.2. The molecule has 7 heteroatoms. The summed E-state index contributed by atoms with van der Waals surface area (Å²) >= 11 is 0. The van der Waals surface area contributed by atoms with E-state index in [-0.39, 0.29) is 16.2 Å². The van der Waals surface area contributed by atoms with E-state index in [0.717, 1.165) is 64.3 Å². The van der Waals surface area contributed by atoms with Crippen molar-refractivity contribution >= 4 is 43.7 Å². The number of unbranched alkanes of at least 4 members (excludes halogenated alkanes) is 9. The van der Waals surface area contributed by atoms with Crippen LogP contribution in [0.3, 0.4) is 0 Å². The van der Waals surface area contributed by atoms with Gasteiger partial charge in [-0.1, -0.05) is 201 Å². The quantitative estimate of drug-likeness (QED) is 0.0341. The van der Waals surface area contributed by atoms with Gasteiger partial charge in [0, 0.05) is 26.2 Å². The molecular weight excluding hydrogens is 737 g/mol. The third-order valence-electron chi connectivity index (χ3n) is 11.1. The van der Waals surface area contributed by atoms with Crippen molar-refractivity contribution in [1.82, 2.24) is 0 Å². The Balaban J connectivity index is 1.35. The Morgan fingerprint density at radius 1 is 0.456 bits per heavy atom. The normalized spacial score (nSPS) is 13.1. The van der Waals surface area contributed by atoms with Gasteiger partial charge in [-0.3, -0.25) is 0 Å². The summed E-state index contributed by atoms with van der Waals surface area (Å²) in [4.78, 5) is 10.6. The molecule has 57 heavy (non-hydrogen) atoms. The molecule has 4 aromatic carbocycles. The molecule has 0 radical (unpaired) electrons. The molecule has 0 spiro atoms.